The molecule has 0 aromatic rings. The third-order valence-corrected chi connectivity index (χ3v) is 4.63. The molecule has 0 aromatic heterocycles. The number of hydrogen-bond donors (Lipinski definition) is 0. The van der Waals surface area contributed by atoms with E-state index >= 15 is 0 Å². The van der Waals surface area contributed by atoms with E-state index in [0.29, 0.717) is 6.10 Å². The lowest BCUT2D eigenvalue weighted by Gasteiger charge is -2.28. The Kier molecular flexibility index (Phi) is 3.91. The predicted octanol–water partition coefficient (Wildman–Crippen LogP) is 4.58. The second-order valence-corrected chi connectivity index (χ2v) is 6.53. The van der Waals surface area contributed by atoms with Gasteiger partial charge in [0.2, 0.25) is 0 Å². The number of ether oxygens (including phenoxy) is 1. The molecule has 0 aromatic carbocycles. The molecule has 2 aliphatic carbocycles. The fourth-order valence-corrected chi connectivity index (χ4v) is 3.02. The molecule has 16 heavy (non-hydrogen) atoms. The Bertz CT molecular complexity index is 315. The van der Waals surface area contributed by atoms with Gasteiger partial charge in [0.05, 0.1) is 12.7 Å². The van der Waals surface area contributed by atoms with Crippen molar-refractivity contribution in [3.63, 3.8) is 0 Å². The first-order chi connectivity index (χ1) is 7.59. The predicted molar refractivity (Wildman–Crippen MR) is 71.7 cm³/mol. The van der Waals surface area contributed by atoms with Crippen LogP contribution < -0.4 is 0 Å². The van der Waals surface area contributed by atoms with E-state index in [0.717, 1.165) is 13.0 Å². The standard InChI is InChI=1S/C14H21BrO/c1-14(2)9-5-8-13(14)16-10-11-6-3-4-7-12(11)15/h5,8,13H,3-4,6-7,9-10H2,1-2H3. The van der Waals surface area contributed by atoms with Crippen LogP contribution in [0, 0.1) is 5.41 Å². The Labute approximate surface area is 107 Å². The van der Waals surface area contributed by atoms with Crippen molar-refractivity contribution < 1.29 is 4.74 Å². The van der Waals surface area contributed by atoms with E-state index in [1.54, 1.807) is 0 Å². The minimum absolute atomic E-state index is 0.279. The van der Waals surface area contributed by atoms with Crippen molar-refractivity contribution in [2.45, 2.75) is 52.1 Å². The van der Waals surface area contributed by atoms with Gasteiger partial charge in [-0.25, -0.2) is 0 Å². The molecule has 0 amide bonds. The SMILES string of the molecule is CC1(C)CC=CC1OCC1=C(Br)CCCC1. The minimum atomic E-state index is 0.279. The molecule has 0 radical (unpaired) electrons. The summed E-state index contributed by atoms with van der Waals surface area (Å²) in [4.78, 5) is 0. The second kappa shape index (κ2) is 5.05. The summed E-state index contributed by atoms with van der Waals surface area (Å²) in [5, 5.41) is 0. The fourth-order valence-electron chi connectivity index (χ4n) is 2.43. The van der Waals surface area contributed by atoms with Crippen molar-refractivity contribution in [1.29, 1.82) is 0 Å². The number of allylic oxidation sites excluding steroid dienone is 2. The molecule has 2 rings (SSSR count). The zero-order chi connectivity index (χ0) is 11.6. The van der Waals surface area contributed by atoms with Gasteiger partial charge >= 0.3 is 0 Å². The zero-order valence-corrected chi connectivity index (χ0v) is 11.8. The van der Waals surface area contributed by atoms with Crippen molar-refractivity contribution in [3.8, 4) is 0 Å². The molecule has 90 valence electrons. The largest absolute Gasteiger partial charge is 0.369 e. The van der Waals surface area contributed by atoms with E-state index < -0.39 is 0 Å². The molecule has 0 heterocycles. The van der Waals surface area contributed by atoms with Gasteiger partial charge in [-0.15, -0.1) is 0 Å². The molecule has 0 spiro atoms. The van der Waals surface area contributed by atoms with Crippen molar-refractivity contribution in [3.05, 3.63) is 22.2 Å². The van der Waals surface area contributed by atoms with Gasteiger partial charge in [-0.2, -0.15) is 0 Å². The van der Waals surface area contributed by atoms with Crippen LogP contribution in [-0.2, 0) is 4.74 Å². The van der Waals surface area contributed by atoms with E-state index in [1.165, 1.54) is 35.7 Å². The Hall–Kier alpha value is -0.0800. The second-order valence-electron chi connectivity index (χ2n) is 5.57. The van der Waals surface area contributed by atoms with Gasteiger partial charge in [0, 0.05) is 0 Å². The molecule has 0 fully saturated rings. The van der Waals surface area contributed by atoms with Gasteiger partial charge < -0.3 is 4.74 Å². The molecule has 0 aliphatic heterocycles. The molecule has 0 N–H and O–H groups in total. The first-order valence-electron chi connectivity index (χ1n) is 6.24. The van der Waals surface area contributed by atoms with Crippen LogP contribution >= 0.6 is 15.9 Å². The summed E-state index contributed by atoms with van der Waals surface area (Å²) in [6, 6.07) is 0. The summed E-state index contributed by atoms with van der Waals surface area (Å²) in [5.74, 6) is 0. The molecule has 0 saturated heterocycles. The van der Waals surface area contributed by atoms with Crippen molar-refractivity contribution in [2.75, 3.05) is 6.61 Å². The van der Waals surface area contributed by atoms with Crippen molar-refractivity contribution in [1.82, 2.24) is 0 Å². The Balaban J connectivity index is 1.90. The van der Waals surface area contributed by atoms with Gasteiger partial charge in [0.25, 0.3) is 0 Å². The molecular weight excluding hydrogens is 264 g/mol. The molecule has 1 atom stereocenters. The topological polar surface area (TPSA) is 9.23 Å². The Morgan fingerprint density at radius 1 is 1.38 bits per heavy atom. The van der Waals surface area contributed by atoms with Crippen LogP contribution in [0.15, 0.2) is 22.2 Å². The maximum atomic E-state index is 6.05. The van der Waals surface area contributed by atoms with E-state index in [4.69, 9.17) is 4.74 Å². The lowest BCUT2D eigenvalue weighted by molar-refractivity contribution is 0.0278. The lowest BCUT2D eigenvalue weighted by Crippen LogP contribution is -2.27. The third kappa shape index (κ3) is 2.78. The molecule has 2 heteroatoms. The molecule has 0 bridgehead atoms. The number of halogens is 1. The van der Waals surface area contributed by atoms with E-state index in [-0.39, 0.29) is 5.41 Å². The quantitative estimate of drug-likeness (QED) is 0.690. The van der Waals surface area contributed by atoms with Gasteiger partial charge in [0.15, 0.2) is 0 Å². The molecule has 2 aliphatic rings. The summed E-state index contributed by atoms with van der Waals surface area (Å²) in [7, 11) is 0. The minimum Gasteiger partial charge on any atom is -0.369 e. The molecular formula is C14H21BrO. The average molecular weight is 285 g/mol. The van der Waals surface area contributed by atoms with Crippen LogP contribution in [-0.4, -0.2) is 12.7 Å². The summed E-state index contributed by atoms with van der Waals surface area (Å²) < 4.78 is 7.44. The maximum absolute atomic E-state index is 6.05. The van der Waals surface area contributed by atoms with Crippen LogP contribution in [0.1, 0.15) is 46.0 Å². The van der Waals surface area contributed by atoms with Gasteiger partial charge in [0.1, 0.15) is 0 Å². The van der Waals surface area contributed by atoms with Crippen LogP contribution in [0.2, 0.25) is 0 Å². The smallest absolute Gasteiger partial charge is 0.0814 e. The van der Waals surface area contributed by atoms with Gasteiger partial charge in [-0.1, -0.05) is 41.9 Å². The monoisotopic (exact) mass is 284 g/mol. The fraction of sp³-hybridized carbons (Fsp3) is 0.714. The van der Waals surface area contributed by atoms with Crippen LogP contribution in [0.4, 0.5) is 0 Å². The van der Waals surface area contributed by atoms with Crippen molar-refractivity contribution in [2.24, 2.45) is 5.41 Å². The normalized spacial score (nSPS) is 28.8. The zero-order valence-electron chi connectivity index (χ0n) is 10.3. The first-order valence-corrected chi connectivity index (χ1v) is 7.03. The van der Waals surface area contributed by atoms with Crippen LogP contribution in [0.3, 0.4) is 0 Å². The summed E-state index contributed by atoms with van der Waals surface area (Å²) in [5.41, 5.74) is 1.75. The third-order valence-electron chi connectivity index (χ3n) is 3.67. The van der Waals surface area contributed by atoms with E-state index in [2.05, 4.69) is 41.9 Å². The summed E-state index contributed by atoms with van der Waals surface area (Å²) in [6.07, 6.45) is 10.9. The van der Waals surface area contributed by atoms with Gasteiger partial charge in [-0.3, -0.25) is 0 Å². The molecule has 1 nitrogen and oxygen atoms in total. The van der Waals surface area contributed by atoms with Crippen LogP contribution in [0.25, 0.3) is 0 Å². The number of hydrogen-bond acceptors (Lipinski definition) is 1. The highest BCUT2D eigenvalue weighted by Gasteiger charge is 2.31. The highest BCUT2D eigenvalue weighted by molar-refractivity contribution is 9.11. The van der Waals surface area contributed by atoms with Gasteiger partial charge in [-0.05, 0) is 47.6 Å². The van der Waals surface area contributed by atoms with E-state index in [1.807, 2.05) is 0 Å². The number of rotatable bonds is 3. The van der Waals surface area contributed by atoms with E-state index in [9.17, 15) is 0 Å². The molecule has 1 unspecified atom stereocenters. The van der Waals surface area contributed by atoms with Crippen molar-refractivity contribution >= 4 is 15.9 Å². The summed E-state index contributed by atoms with van der Waals surface area (Å²) >= 11 is 3.67. The van der Waals surface area contributed by atoms with Crippen LogP contribution in [0.5, 0.6) is 0 Å². The maximum Gasteiger partial charge on any atom is 0.0814 e. The molecule has 0 saturated carbocycles. The Morgan fingerprint density at radius 3 is 2.75 bits per heavy atom. The Morgan fingerprint density at radius 2 is 2.12 bits per heavy atom. The lowest BCUT2D eigenvalue weighted by atomic mass is 9.88. The highest BCUT2D eigenvalue weighted by Crippen LogP contribution is 2.36. The first kappa shape index (κ1) is 12.4. The average Bonchev–Trinajstić information content (AvgIpc) is 2.57. The highest BCUT2D eigenvalue weighted by atomic mass is 79.9. The summed E-state index contributed by atoms with van der Waals surface area (Å²) in [6.45, 7) is 5.36.